The average molecular weight is 322 g/mol. The highest BCUT2D eigenvalue weighted by atomic mass is 32.2. The molecule has 6 heteroatoms. The number of hydrogen-bond donors (Lipinski definition) is 1. The van der Waals surface area contributed by atoms with Crippen LogP contribution in [0.1, 0.15) is 36.8 Å². The smallest absolute Gasteiger partial charge is 0.243 e. The van der Waals surface area contributed by atoms with Gasteiger partial charge in [0, 0.05) is 19.0 Å². The van der Waals surface area contributed by atoms with Gasteiger partial charge >= 0.3 is 0 Å². The summed E-state index contributed by atoms with van der Waals surface area (Å²) in [4.78, 5) is 11.6. The van der Waals surface area contributed by atoms with E-state index in [-0.39, 0.29) is 11.8 Å². The molecular weight excluding hydrogens is 300 g/mol. The van der Waals surface area contributed by atoms with Crippen molar-refractivity contribution in [3.8, 4) is 0 Å². The molecule has 1 heterocycles. The number of primary amides is 1. The molecule has 5 nitrogen and oxygen atoms in total. The summed E-state index contributed by atoms with van der Waals surface area (Å²) in [5.74, 6) is -0.527. The van der Waals surface area contributed by atoms with E-state index in [4.69, 9.17) is 5.73 Å². The molecule has 0 spiro atoms. The van der Waals surface area contributed by atoms with Gasteiger partial charge in [0.1, 0.15) is 0 Å². The first-order valence-corrected chi connectivity index (χ1v) is 9.34. The molecule has 1 aromatic rings. The summed E-state index contributed by atoms with van der Waals surface area (Å²) in [6.45, 7) is 0.736. The molecule has 1 saturated heterocycles. The molecular formula is C16H22N2O3S. The highest BCUT2D eigenvalue weighted by molar-refractivity contribution is 7.89. The van der Waals surface area contributed by atoms with Crippen LogP contribution in [0.15, 0.2) is 23.1 Å². The summed E-state index contributed by atoms with van der Waals surface area (Å²) in [5, 5.41) is 0. The maximum absolute atomic E-state index is 12.8. The van der Waals surface area contributed by atoms with E-state index in [0.717, 1.165) is 19.3 Å². The number of carbonyl (C=O) groups is 1. The van der Waals surface area contributed by atoms with Crippen LogP contribution in [0.2, 0.25) is 0 Å². The third kappa shape index (κ3) is 2.90. The predicted molar refractivity (Wildman–Crippen MR) is 83.8 cm³/mol. The molecule has 120 valence electrons. The van der Waals surface area contributed by atoms with Gasteiger partial charge in [0.05, 0.1) is 4.90 Å². The molecule has 0 aromatic heterocycles. The fourth-order valence-corrected chi connectivity index (χ4v) is 4.92. The summed E-state index contributed by atoms with van der Waals surface area (Å²) < 4.78 is 27.0. The monoisotopic (exact) mass is 322 g/mol. The second kappa shape index (κ2) is 6.01. The number of aryl methyl sites for hydroxylation is 2. The van der Waals surface area contributed by atoms with Crippen LogP contribution in [0.25, 0.3) is 0 Å². The van der Waals surface area contributed by atoms with Crippen molar-refractivity contribution in [1.82, 2.24) is 4.31 Å². The Bertz CT molecular complexity index is 677. The minimum absolute atomic E-state index is 0.199. The SMILES string of the molecule is NC(=O)C1CCN(S(=O)(=O)c2ccc3c(c2)CCCC3)CC1. The minimum Gasteiger partial charge on any atom is -0.369 e. The number of nitrogens with two attached hydrogens (primary N) is 1. The molecule has 1 aromatic carbocycles. The van der Waals surface area contributed by atoms with E-state index >= 15 is 0 Å². The van der Waals surface area contributed by atoms with Crippen LogP contribution in [0.3, 0.4) is 0 Å². The van der Waals surface area contributed by atoms with Crippen LogP contribution in [0.4, 0.5) is 0 Å². The average Bonchev–Trinajstić information content (AvgIpc) is 2.54. The normalized spacial score (nSPS) is 20.5. The van der Waals surface area contributed by atoms with Crippen molar-refractivity contribution in [3.05, 3.63) is 29.3 Å². The number of rotatable bonds is 3. The Morgan fingerprint density at radius 2 is 1.73 bits per heavy atom. The molecule has 1 amide bonds. The first-order chi connectivity index (χ1) is 10.5. The number of hydrogen-bond acceptors (Lipinski definition) is 3. The number of benzene rings is 1. The van der Waals surface area contributed by atoms with Crippen molar-refractivity contribution in [1.29, 1.82) is 0 Å². The van der Waals surface area contributed by atoms with Crippen molar-refractivity contribution in [2.24, 2.45) is 11.7 Å². The molecule has 0 radical (unpaired) electrons. The van der Waals surface area contributed by atoms with Crippen LogP contribution in [-0.2, 0) is 27.7 Å². The molecule has 1 aliphatic heterocycles. The maximum atomic E-state index is 12.8. The van der Waals surface area contributed by atoms with Crippen LogP contribution >= 0.6 is 0 Å². The number of nitrogens with zero attached hydrogens (tertiary/aromatic N) is 1. The maximum Gasteiger partial charge on any atom is 0.243 e. The lowest BCUT2D eigenvalue weighted by atomic mass is 9.92. The van der Waals surface area contributed by atoms with E-state index in [1.54, 1.807) is 6.07 Å². The zero-order chi connectivity index (χ0) is 15.7. The summed E-state index contributed by atoms with van der Waals surface area (Å²) in [6, 6.07) is 5.52. The predicted octanol–water partition coefficient (Wildman–Crippen LogP) is 1.45. The Hall–Kier alpha value is -1.40. The van der Waals surface area contributed by atoms with Gasteiger partial charge in [0.2, 0.25) is 15.9 Å². The van der Waals surface area contributed by atoms with Gasteiger partial charge < -0.3 is 5.73 Å². The molecule has 2 aliphatic rings. The molecule has 2 N–H and O–H groups in total. The molecule has 22 heavy (non-hydrogen) atoms. The van der Waals surface area contributed by atoms with Crippen molar-refractivity contribution >= 4 is 15.9 Å². The number of carbonyl (C=O) groups excluding carboxylic acids is 1. The highest BCUT2D eigenvalue weighted by Gasteiger charge is 2.31. The van der Waals surface area contributed by atoms with Gasteiger partial charge in [0.15, 0.2) is 0 Å². The van der Waals surface area contributed by atoms with E-state index < -0.39 is 10.0 Å². The Morgan fingerprint density at radius 3 is 2.36 bits per heavy atom. The van der Waals surface area contributed by atoms with Crippen LogP contribution in [0, 0.1) is 5.92 Å². The summed E-state index contributed by atoms with van der Waals surface area (Å²) in [6.07, 6.45) is 5.33. The molecule has 0 unspecified atom stereocenters. The highest BCUT2D eigenvalue weighted by Crippen LogP contribution is 2.28. The topological polar surface area (TPSA) is 80.5 Å². The second-order valence-corrected chi connectivity index (χ2v) is 8.16. The number of fused-ring (bicyclic) bond motifs is 1. The van der Waals surface area contributed by atoms with E-state index in [0.29, 0.717) is 30.8 Å². The van der Waals surface area contributed by atoms with Gasteiger partial charge in [0.25, 0.3) is 0 Å². The van der Waals surface area contributed by atoms with Gasteiger partial charge in [-0.25, -0.2) is 8.42 Å². The Labute approximate surface area is 131 Å². The number of amides is 1. The van der Waals surface area contributed by atoms with Crippen molar-refractivity contribution in [2.45, 2.75) is 43.4 Å². The van der Waals surface area contributed by atoms with Gasteiger partial charge in [-0.05, 0) is 61.8 Å². The summed E-state index contributed by atoms with van der Waals surface area (Å²) in [5.41, 5.74) is 7.74. The quantitative estimate of drug-likeness (QED) is 0.914. The lowest BCUT2D eigenvalue weighted by molar-refractivity contribution is -0.122. The van der Waals surface area contributed by atoms with Gasteiger partial charge in [-0.1, -0.05) is 6.07 Å². The van der Waals surface area contributed by atoms with E-state index in [2.05, 4.69) is 0 Å². The van der Waals surface area contributed by atoms with Gasteiger partial charge in [-0.3, -0.25) is 4.79 Å². The second-order valence-electron chi connectivity index (χ2n) is 6.22. The third-order valence-corrected chi connectivity index (χ3v) is 6.71. The van der Waals surface area contributed by atoms with E-state index in [1.165, 1.54) is 21.9 Å². The molecule has 1 fully saturated rings. The first-order valence-electron chi connectivity index (χ1n) is 7.90. The van der Waals surface area contributed by atoms with Crippen LogP contribution < -0.4 is 5.73 Å². The lowest BCUT2D eigenvalue weighted by Gasteiger charge is -2.30. The van der Waals surface area contributed by atoms with E-state index in [9.17, 15) is 13.2 Å². The zero-order valence-corrected chi connectivity index (χ0v) is 13.4. The fraction of sp³-hybridized carbons (Fsp3) is 0.562. The number of piperidine rings is 1. The Balaban J connectivity index is 1.80. The standard InChI is InChI=1S/C16H22N2O3S/c17-16(19)13-7-9-18(10-8-13)22(20,21)15-6-5-12-3-1-2-4-14(12)11-15/h5-6,11,13H,1-4,7-10H2,(H2,17,19). The molecule has 3 rings (SSSR count). The summed E-state index contributed by atoms with van der Waals surface area (Å²) in [7, 11) is -3.46. The first kappa shape index (κ1) is 15.5. The largest absolute Gasteiger partial charge is 0.369 e. The van der Waals surface area contributed by atoms with Crippen molar-refractivity contribution in [2.75, 3.05) is 13.1 Å². The minimum atomic E-state index is -3.46. The Morgan fingerprint density at radius 1 is 1.09 bits per heavy atom. The number of sulfonamides is 1. The van der Waals surface area contributed by atoms with E-state index in [1.807, 2.05) is 12.1 Å². The van der Waals surface area contributed by atoms with Gasteiger partial charge in [-0.2, -0.15) is 4.31 Å². The van der Waals surface area contributed by atoms with Crippen molar-refractivity contribution < 1.29 is 13.2 Å². The fourth-order valence-electron chi connectivity index (χ4n) is 3.40. The lowest BCUT2D eigenvalue weighted by Crippen LogP contribution is -2.41. The molecule has 0 saturated carbocycles. The molecule has 1 aliphatic carbocycles. The Kier molecular flexibility index (Phi) is 4.23. The summed E-state index contributed by atoms with van der Waals surface area (Å²) >= 11 is 0. The van der Waals surface area contributed by atoms with Crippen LogP contribution in [0.5, 0.6) is 0 Å². The zero-order valence-electron chi connectivity index (χ0n) is 12.6. The molecule has 0 bridgehead atoms. The molecule has 0 atom stereocenters. The van der Waals surface area contributed by atoms with Gasteiger partial charge in [-0.15, -0.1) is 0 Å². The third-order valence-electron chi connectivity index (χ3n) is 4.81. The van der Waals surface area contributed by atoms with Crippen molar-refractivity contribution in [3.63, 3.8) is 0 Å². The van der Waals surface area contributed by atoms with Crippen LogP contribution in [-0.4, -0.2) is 31.7 Å².